The molecule has 1 aliphatic heterocycles. The van der Waals surface area contributed by atoms with E-state index in [1.54, 1.807) is 0 Å². The van der Waals surface area contributed by atoms with E-state index < -0.39 is 0 Å². The maximum absolute atomic E-state index is 3.76. The van der Waals surface area contributed by atoms with Crippen LogP contribution in [0.1, 0.15) is 33.1 Å². The van der Waals surface area contributed by atoms with Crippen molar-refractivity contribution in [1.29, 1.82) is 0 Å². The second-order valence-corrected chi connectivity index (χ2v) is 6.26. The molecule has 0 saturated carbocycles. The molecule has 0 amide bonds. The highest BCUT2D eigenvalue weighted by molar-refractivity contribution is 4.79. The van der Waals surface area contributed by atoms with Crippen LogP contribution in [0.2, 0.25) is 0 Å². The van der Waals surface area contributed by atoms with E-state index in [1.165, 1.54) is 32.4 Å². The number of piperidine rings is 1. The minimum Gasteiger partial charge on any atom is -0.311 e. The minimum absolute atomic E-state index is 0.669. The van der Waals surface area contributed by atoms with Crippen molar-refractivity contribution in [3.05, 3.63) is 0 Å². The van der Waals surface area contributed by atoms with Crippen LogP contribution in [0.15, 0.2) is 0 Å². The smallest absolute Gasteiger partial charge is 0.0217 e. The highest BCUT2D eigenvalue weighted by atomic mass is 15.2. The standard InChI is InChI=1S/C14H31N3/c1-12(2)9-14(16(3)4)10-15-13-7-6-8-17(5)11-13/h12-15H,6-11H2,1-5H3. The zero-order valence-corrected chi connectivity index (χ0v) is 12.4. The van der Waals surface area contributed by atoms with Crippen LogP contribution < -0.4 is 5.32 Å². The van der Waals surface area contributed by atoms with Crippen molar-refractivity contribution in [2.75, 3.05) is 40.8 Å². The first-order valence-electron chi connectivity index (χ1n) is 7.07. The van der Waals surface area contributed by atoms with Gasteiger partial charge >= 0.3 is 0 Å². The molecular weight excluding hydrogens is 210 g/mol. The number of hydrogen-bond donors (Lipinski definition) is 1. The molecule has 102 valence electrons. The van der Waals surface area contributed by atoms with Gasteiger partial charge < -0.3 is 15.1 Å². The topological polar surface area (TPSA) is 18.5 Å². The molecule has 0 aromatic carbocycles. The van der Waals surface area contributed by atoms with Crippen LogP contribution >= 0.6 is 0 Å². The molecule has 1 rings (SSSR count). The van der Waals surface area contributed by atoms with Gasteiger partial charge in [0.15, 0.2) is 0 Å². The second-order valence-electron chi connectivity index (χ2n) is 6.26. The molecule has 3 heteroatoms. The first-order chi connectivity index (χ1) is 7.99. The predicted molar refractivity (Wildman–Crippen MR) is 75.5 cm³/mol. The van der Waals surface area contributed by atoms with Crippen LogP contribution in [0.5, 0.6) is 0 Å². The van der Waals surface area contributed by atoms with E-state index >= 15 is 0 Å². The Morgan fingerprint density at radius 2 is 2.06 bits per heavy atom. The molecule has 0 aromatic rings. The van der Waals surface area contributed by atoms with E-state index in [2.05, 4.69) is 50.1 Å². The van der Waals surface area contributed by atoms with Crippen molar-refractivity contribution in [1.82, 2.24) is 15.1 Å². The first kappa shape index (κ1) is 14.9. The maximum atomic E-state index is 3.76. The number of rotatable bonds is 6. The lowest BCUT2D eigenvalue weighted by molar-refractivity contribution is 0.199. The third-order valence-electron chi connectivity index (χ3n) is 3.74. The summed E-state index contributed by atoms with van der Waals surface area (Å²) in [5, 5.41) is 3.76. The number of nitrogens with one attached hydrogen (secondary N) is 1. The fourth-order valence-electron chi connectivity index (χ4n) is 2.66. The largest absolute Gasteiger partial charge is 0.311 e. The van der Waals surface area contributed by atoms with Gasteiger partial charge in [-0.2, -0.15) is 0 Å². The van der Waals surface area contributed by atoms with Crippen molar-refractivity contribution in [2.45, 2.75) is 45.2 Å². The van der Waals surface area contributed by atoms with Crippen LogP contribution in [-0.2, 0) is 0 Å². The molecular formula is C14H31N3. The Bertz CT molecular complexity index is 204. The van der Waals surface area contributed by atoms with Gasteiger partial charge in [-0.25, -0.2) is 0 Å². The molecule has 2 atom stereocenters. The van der Waals surface area contributed by atoms with Crippen LogP contribution in [0, 0.1) is 5.92 Å². The summed E-state index contributed by atoms with van der Waals surface area (Å²) in [6.45, 7) is 8.22. The molecule has 0 bridgehead atoms. The summed E-state index contributed by atoms with van der Waals surface area (Å²) in [6, 6.07) is 1.37. The Labute approximate surface area is 108 Å². The average Bonchev–Trinajstić information content (AvgIpc) is 2.23. The monoisotopic (exact) mass is 241 g/mol. The van der Waals surface area contributed by atoms with Gasteiger partial charge in [-0.15, -0.1) is 0 Å². The summed E-state index contributed by atoms with van der Waals surface area (Å²) < 4.78 is 0. The Morgan fingerprint density at radius 3 is 2.59 bits per heavy atom. The van der Waals surface area contributed by atoms with Crippen LogP contribution in [0.3, 0.4) is 0 Å². The van der Waals surface area contributed by atoms with E-state index in [0.29, 0.717) is 12.1 Å². The van der Waals surface area contributed by atoms with Crippen molar-refractivity contribution in [2.24, 2.45) is 5.92 Å². The van der Waals surface area contributed by atoms with E-state index in [1.807, 2.05) is 0 Å². The quantitative estimate of drug-likeness (QED) is 0.763. The van der Waals surface area contributed by atoms with E-state index in [4.69, 9.17) is 0 Å². The predicted octanol–water partition coefficient (Wildman–Crippen LogP) is 1.65. The molecule has 2 unspecified atom stereocenters. The van der Waals surface area contributed by atoms with E-state index in [-0.39, 0.29) is 0 Å². The lowest BCUT2D eigenvalue weighted by Gasteiger charge is -2.33. The molecule has 17 heavy (non-hydrogen) atoms. The van der Waals surface area contributed by atoms with Crippen LogP contribution in [0.4, 0.5) is 0 Å². The van der Waals surface area contributed by atoms with Crippen LogP contribution in [0.25, 0.3) is 0 Å². The molecule has 0 spiro atoms. The van der Waals surface area contributed by atoms with Crippen molar-refractivity contribution >= 4 is 0 Å². The van der Waals surface area contributed by atoms with Gasteiger partial charge in [0, 0.05) is 25.2 Å². The molecule has 1 N–H and O–H groups in total. The molecule has 1 heterocycles. The molecule has 0 aliphatic carbocycles. The fourth-order valence-corrected chi connectivity index (χ4v) is 2.66. The van der Waals surface area contributed by atoms with Gasteiger partial charge in [0.1, 0.15) is 0 Å². The summed E-state index contributed by atoms with van der Waals surface area (Å²) in [6.07, 6.45) is 3.96. The van der Waals surface area contributed by atoms with Crippen molar-refractivity contribution < 1.29 is 0 Å². The highest BCUT2D eigenvalue weighted by Gasteiger charge is 2.19. The number of likely N-dealkylation sites (tertiary alicyclic amines) is 1. The van der Waals surface area contributed by atoms with Crippen molar-refractivity contribution in [3.63, 3.8) is 0 Å². The molecule has 0 radical (unpaired) electrons. The fraction of sp³-hybridized carbons (Fsp3) is 1.00. The normalized spacial score (nSPS) is 24.5. The van der Waals surface area contributed by atoms with Crippen LogP contribution in [-0.4, -0.2) is 62.7 Å². The third kappa shape index (κ3) is 5.84. The van der Waals surface area contributed by atoms with Gasteiger partial charge in [0.05, 0.1) is 0 Å². The lowest BCUT2D eigenvalue weighted by atomic mass is 10.0. The minimum atomic E-state index is 0.669. The lowest BCUT2D eigenvalue weighted by Crippen LogP contribution is -2.48. The zero-order chi connectivity index (χ0) is 12.8. The first-order valence-corrected chi connectivity index (χ1v) is 7.07. The van der Waals surface area contributed by atoms with E-state index in [9.17, 15) is 0 Å². The Kier molecular flexibility index (Phi) is 6.45. The van der Waals surface area contributed by atoms with Gasteiger partial charge in [-0.05, 0) is 52.9 Å². The zero-order valence-electron chi connectivity index (χ0n) is 12.4. The Morgan fingerprint density at radius 1 is 1.35 bits per heavy atom. The molecule has 3 nitrogen and oxygen atoms in total. The third-order valence-corrected chi connectivity index (χ3v) is 3.74. The van der Waals surface area contributed by atoms with Gasteiger partial charge in [-0.3, -0.25) is 0 Å². The summed E-state index contributed by atoms with van der Waals surface area (Å²) >= 11 is 0. The SMILES string of the molecule is CC(C)CC(CNC1CCCN(C)C1)N(C)C. The van der Waals surface area contributed by atoms with Crippen molar-refractivity contribution in [3.8, 4) is 0 Å². The maximum Gasteiger partial charge on any atom is 0.0217 e. The number of likely N-dealkylation sites (N-methyl/N-ethyl adjacent to an activating group) is 2. The van der Waals surface area contributed by atoms with Gasteiger partial charge in [0.2, 0.25) is 0 Å². The number of hydrogen-bond acceptors (Lipinski definition) is 3. The summed E-state index contributed by atoms with van der Waals surface area (Å²) in [7, 11) is 6.62. The summed E-state index contributed by atoms with van der Waals surface area (Å²) in [5.41, 5.74) is 0. The second kappa shape index (κ2) is 7.34. The van der Waals surface area contributed by atoms with E-state index in [0.717, 1.165) is 12.5 Å². The molecule has 1 aliphatic rings. The average molecular weight is 241 g/mol. The van der Waals surface area contributed by atoms with Gasteiger partial charge in [-0.1, -0.05) is 13.8 Å². The molecule has 0 aromatic heterocycles. The molecule has 1 fully saturated rings. The summed E-state index contributed by atoms with van der Waals surface area (Å²) in [5.74, 6) is 0.776. The van der Waals surface area contributed by atoms with Gasteiger partial charge in [0.25, 0.3) is 0 Å². The number of nitrogens with zero attached hydrogens (tertiary/aromatic N) is 2. The Balaban J connectivity index is 2.30. The highest BCUT2D eigenvalue weighted by Crippen LogP contribution is 2.11. The summed E-state index contributed by atoms with van der Waals surface area (Å²) in [4.78, 5) is 4.80. The Hall–Kier alpha value is -0.120. The molecule has 1 saturated heterocycles.